The van der Waals surface area contributed by atoms with Gasteiger partial charge < -0.3 is 19.6 Å². The van der Waals surface area contributed by atoms with Gasteiger partial charge in [-0.05, 0) is 49.1 Å². The van der Waals surface area contributed by atoms with Crippen molar-refractivity contribution in [3.05, 3.63) is 59.7 Å². The van der Waals surface area contributed by atoms with Crippen molar-refractivity contribution in [2.75, 3.05) is 39.8 Å². The molecule has 1 unspecified atom stereocenters. The number of aliphatic hydroxyl groups is 1. The van der Waals surface area contributed by atoms with Crippen molar-refractivity contribution in [2.45, 2.75) is 45.3 Å². The molecule has 0 aromatic heterocycles. The zero-order valence-corrected chi connectivity index (χ0v) is 19.1. The summed E-state index contributed by atoms with van der Waals surface area (Å²) in [6.07, 6.45) is 1.40. The topological polar surface area (TPSA) is 53.0 Å². The Morgan fingerprint density at radius 2 is 1.58 bits per heavy atom. The molecule has 2 aromatic carbocycles. The number of esters is 1. The fourth-order valence-corrected chi connectivity index (χ4v) is 3.77. The van der Waals surface area contributed by atoms with Gasteiger partial charge in [-0.2, -0.15) is 0 Å². The minimum absolute atomic E-state index is 0.0396. The first-order chi connectivity index (χ1) is 14.9. The Morgan fingerprint density at radius 3 is 2.16 bits per heavy atom. The fraction of sp³-hybridized carbons (Fsp3) is 0.500. The lowest BCUT2D eigenvalue weighted by Crippen LogP contribution is -2.44. The number of likely N-dealkylation sites (N-methyl/N-ethyl adjacent to an activating group) is 1. The predicted molar refractivity (Wildman–Crippen MR) is 125 cm³/mol. The number of hydrogen-bond donors (Lipinski definition) is 1. The van der Waals surface area contributed by atoms with Gasteiger partial charge in [0.1, 0.15) is 0 Å². The zero-order valence-electron chi connectivity index (χ0n) is 19.1. The van der Waals surface area contributed by atoms with Crippen LogP contribution in [0, 0.1) is 0 Å². The Labute approximate surface area is 186 Å². The second kappa shape index (κ2) is 11.4. The van der Waals surface area contributed by atoms with Crippen LogP contribution in [-0.2, 0) is 16.0 Å². The molecule has 1 aliphatic heterocycles. The van der Waals surface area contributed by atoms with E-state index in [-0.39, 0.29) is 12.1 Å². The van der Waals surface area contributed by atoms with Crippen LogP contribution in [-0.4, -0.2) is 66.8 Å². The Kier molecular flexibility index (Phi) is 8.64. The maximum Gasteiger partial charge on any atom is 0.310 e. The molecule has 31 heavy (non-hydrogen) atoms. The highest BCUT2D eigenvalue weighted by Gasteiger charge is 2.16. The van der Waals surface area contributed by atoms with Crippen LogP contribution in [0.4, 0.5) is 0 Å². The summed E-state index contributed by atoms with van der Waals surface area (Å²) in [6.45, 7) is 9.20. The Hall–Kier alpha value is -2.21. The Morgan fingerprint density at radius 1 is 1.00 bits per heavy atom. The fourth-order valence-electron chi connectivity index (χ4n) is 3.77. The number of piperazine rings is 1. The van der Waals surface area contributed by atoms with Crippen LogP contribution in [0.15, 0.2) is 48.5 Å². The van der Waals surface area contributed by atoms with E-state index in [1.165, 1.54) is 0 Å². The lowest BCUT2D eigenvalue weighted by atomic mass is 9.99. The van der Waals surface area contributed by atoms with Gasteiger partial charge in [-0.3, -0.25) is 4.79 Å². The van der Waals surface area contributed by atoms with Gasteiger partial charge in [-0.15, -0.1) is 0 Å². The first kappa shape index (κ1) is 23.5. The van der Waals surface area contributed by atoms with Crippen LogP contribution >= 0.6 is 0 Å². The molecule has 1 heterocycles. The molecule has 0 bridgehead atoms. The van der Waals surface area contributed by atoms with Crippen molar-refractivity contribution in [3.63, 3.8) is 0 Å². The second-order valence-electron chi connectivity index (χ2n) is 8.65. The molecule has 168 valence electrons. The molecule has 5 heteroatoms. The third-order valence-corrected chi connectivity index (χ3v) is 6.15. The van der Waals surface area contributed by atoms with Crippen molar-refractivity contribution in [1.29, 1.82) is 0 Å². The lowest BCUT2D eigenvalue weighted by Gasteiger charge is -2.32. The Balaban J connectivity index is 1.51. The van der Waals surface area contributed by atoms with Gasteiger partial charge >= 0.3 is 5.97 Å². The number of nitrogens with zero attached hydrogens (tertiary/aromatic N) is 2. The maximum absolute atomic E-state index is 12.0. The molecule has 5 nitrogen and oxygen atoms in total. The van der Waals surface area contributed by atoms with E-state index in [0.717, 1.165) is 67.8 Å². The number of carbonyl (C=O) groups excluding carboxylic acids is 1. The molecule has 2 aromatic rings. The van der Waals surface area contributed by atoms with E-state index in [1.807, 2.05) is 50.2 Å². The molecule has 1 saturated heterocycles. The normalized spacial score (nSPS) is 17.3. The van der Waals surface area contributed by atoms with Crippen LogP contribution in [0.25, 0.3) is 11.1 Å². The number of aliphatic hydroxyl groups excluding tert-OH is 1. The van der Waals surface area contributed by atoms with Crippen LogP contribution in [0.5, 0.6) is 0 Å². The zero-order chi connectivity index (χ0) is 22.2. The summed E-state index contributed by atoms with van der Waals surface area (Å²) in [5.41, 5.74) is 4.11. The molecule has 0 saturated carbocycles. The van der Waals surface area contributed by atoms with Gasteiger partial charge in [0.05, 0.1) is 18.6 Å². The highest BCUT2D eigenvalue weighted by molar-refractivity contribution is 5.73. The molecule has 3 rings (SSSR count). The first-order valence-electron chi connectivity index (χ1n) is 11.4. The van der Waals surface area contributed by atoms with Crippen molar-refractivity contribution in [1.82, 2.24) is 9.80 Å². The lowest BCUT2D eigenvalue weighted by molar-refractivity contribution is -0.147. The van der Waals surface area contributed by atoms with Crippen LogP contribution < -0.4 is 0 Å². The molecule has 1 fully saturated rings. The molecule has 0 radical (unpaired) electrons. The monoisotopic (exact) mass is 424 g/mol. The summed E-state index contributed by atoms with van der Waals surface area (Å²) in [6, 6.07) is 16.2. The van der Waals surface area contributed by atoms with E-state index in [4.69, 9.17) is 4.74 Å². The largest absolute Gasteiger partial charge is 0.462 e. The summed E-state index contributed by atoms with van der Waals surface area (Å²) < 4.78 is 5.35. The first-order valence-corrected chi connectivity index (χ1v) is 11.4. The molecular formula is C26H36N2O3. The average molecular weight is 425 g/mol. The van der Waals surface area contributed by atoms with E-state index >= 15 is 0 Å². The molecule has 1 aliphatic rings. The third-order valence-electron chi connectivity index (χ3n) is 6.15. The van der Waals surface area contributed by atoms with E-state index in [2.05, 4.69) is 29.0 Å². The molecule has 0 aliphatic carbocycles. The number of rotatable bonds is 9. The van der Waals surface area contributed by atoms with Gasteiger partial charge in [0.2, 0.25) is 0 Å². The molecule has 0 amide bonds. The van der Waals surface area contributed by atoms with Crippen molar-refractivity contribution in [2.24, 2.45) is 0 Å². The number of carbonyl (C=O) groups is 1. The second-order valence-corrected chi connectivity index (χ2v) is 8.65. The summed E-state index contributed by atoms with van der Waals surface area (Å²) in [4.78, 5) is 16.7. The minimum Gasteiger partial charge on any atom is -0.462 e. The SMILES string of the molecule is CC[C@H](C)OC(=O)Cc1ccc(-c2ccc(C(O)CCN3CCN(C)CC3)cc2)cc1. The smallest absolute Gasteiger partial charge is 0.310 e. The summed E-state index contributed by atoms with van der Waals surface area (Å²) in [5.74, 6) is -0.183. The van der Waals surface area contributed by atoms with E-state index in [1.54, 1.807) is 0 Å². The molecule has 0 spiro atoms. The van der Waals surface area contributed by atoms with Crippen LogP contribution in [0.3, 0.4) is 0 Å². The summed E-state index contributed by atoms with van der Waals surface area (Å²) in [7, 11) is 2.16. The summed E-state index contributed by atoms with van der Waals surface area (Å²) in [5, 5.41) is 10.6. The van der Waals surface area contributed by atoms with Crippen molar-refractivity contribution < 1.29 is 14.6 Å². The van der Waals surface area contributed by atoms with Gasteiger partial charge in [-0.25, -0.2) is 0 Å². The van der Waals surface area contributed by atoms with E-state index < -0.39 is 6.10 Å². The third kappa shape index (κ3) is 7.17. The molecule has 1 N–H and O–H groups in total. The summed E-state index contributed by atoms with van der Waals surface area (Å²) >= 11 is 0. The number of hydrogen-bond acceptors (Lipinski definition) is 5. The highest BCUT2D eigenvalue weighted by atomic mass is 16.5. The van der Waals surface area contributed by atoms with Gasteiger partial charge in [-0.1, -0.05) is 55.5 Å². The average Bonchev–Trinajstić information content (AvgIpc) is 2.79. The van der Waals surface area contributed by atoms with Gasteiger partial charge in [0.25, 0.3) is 0 Å². The molecule has 2 atom stereocenters. The van der Waals surface area contributed by atoms with Crippen LogP contribution in [0.2, 0.25) is 0 Å². The molecular weight excluding hydrogens is 388 g/mol. The van der Waals surface area contributed by atoms with E-state index in [9.17, 15) is 9.90 Å². The minimum atomic E-state index is -0.437. The number of benzene rings is 2. The standard InChI is InChI=1S/C26H36N2O3/c1-4-20(2)31-26(30)19-21-5-7-22(8-6-21)23-9-11-24(12-10-23)25(29)13-14-28-17-15-27(3)16-18-28/h5-12,20,25,29H,4,13-19H2,1-3H3/t20-,25?/m0/s1. The quantitative estimate of drug-likeness (QED) is 0.619. The van der Waals surface area contributed by atoms with Gasteiger partial charge in [0.15, 0.2) is 0 Å². The number of ether oxygens (including phenoxy) is 1. The van der Waals surface area contributed by atoms with E-state index in [0.29, 0.717) is 6.42 Å². The predicted octanol–water partition coefficient (Wildman–Crippen LogP) is 3.91. The maximum atomic E-state index is 12.0. The Bertz CT molecular complexity index is 812. The highest BCUT2D eigenvalue weighted by Crippen LogP contribution is 2.24. The van der Waals surface area contributed by atoms with Crippen molar-refractivity contribution >= 4 is 5.97 Å². The van der Waals surface area contributed by atoms with Crippen LogP contribution in [0.1, 0.15) is 43.9 Å². The van der Waals surface area contributed by atoms with Crippen molar-refractivity contribution in [3.8, 4) is 11.1 Å². The van der Waals surface area contributed by atoms with Gasteiger partial charge in [0, 0.05) is 32.7 Å².